The van der Waals surface area contributed by atoms with Crippen molar-refractivity contribution in [1.29, 1.82) is 0 Å². The molecule has 1 aromatic carbocycles. The van der Waals surface area contributed by atoms with Crippen LogP contribution in [0.3, 0.4) is 0 Å². The van der Waals surface area contributed by atoms with Crippen molar-refractivity contribution in [2.75, 3.05) is 26.4 Å². The van der Waals surface area contributed by atoms with E-state index in [1.807, 2.05) is 37.3 Å². The molecule has 0 spiro atoms. The lowest BCUT2D eigenvalue weighted by Crippen LogP contribution is -2.42. The Labute approximate surface area is 153 Å². The first-order chi connectivity index (χ1) is 11.8. The molecule has 0 amide bonds. The Morgan fingerprint density at radius 3 is 1.80 bits per heavy atom. The van der Waals surface area contributed by atoms with Gasteiger partial charge < -0.3 is 14.2 Å². The second-order valence-corrected chi connectivity index (χ2v) is 6.92. The Bertz CT molecular complexity index is 550. The minimum Gasteiger partial charge on any atom is -0.483 e. The van der Waals surface area contributed by atoms with E-state index in [1.165, 1.54) is 11.1 Å². The molecule has 0 unspecified atom stereocenters. The highest BCUT2D eigenvalue weighted by atomic mass is 16.6. The van der Waals surface area contributed by atoms with Crippen LogP contribution >= 0.6 is 0 Å². The van der Waals surface area contributed by atoms with Crippen molar-refractivity contribution in [3.8, 4) is 5.75 Å². The largest absolute Gasteiger partial charge is 0.483 e. The average Bonchev–Trinajstić information content (AvgIpc) is 2.56. The summed E-state index contributed by atoms with van der Waals surface area (Å²) in [4.78, 5) is 0. The van der Waals surface area contributed by atoms with Gasteiger partial charge in [0, 0.05) is 0 Å². The normalized spacial score (nSPS) is 10.9. The molecule has 0 heterocycles. The average molecular weight is 344 g/mol. The van der Waals surface area contributed by atoms with Gasteiger partial charge in [-0.05, 0) is 52.3 Å². The quantitative estimate of drug-likeness (QED) is 0.395. The van der Waals surface area contributed by atoms with Crippen LogP contribution in [0.2, 0.25) is 0 Å². The van der Waals surface area contributed by atoms with Gasteiger partial charge in [-0.25, -0.2) is 0 Å². The van der Waals surface area contributed by atoms with Crippen LogP contribution in [-0.2, 0) is 9.47 Å². The van der Waals surface area contributed by atoms with Crippen LogP contribution in [0.4, 0.5) is 0 Å². The Morgan fingerprint density at radius 1 is 0.920 bits per heavy atom. The van der Waals surface area contributed by atoms with Crippen molar-refractivity contribution >= 4 is 6.08 Å². The zero-order chi connectivity index (χ0) is 18.7. The fourth-order valence-electron chi connectivity index (χ4n) is 2.06. The van der Waals surface area contributed by atoms with Crippen LogP contribution in [0.1, 0.15) is 40.2 Å². The van der Waals surface area contributed by atoms with Crippen molar-refractivity contribution in [1.82, 2.24) is 0 Å². The van der Waals surface area contributed by atoms with Gasteiger partial charge in [0.1, 0.15) is 5.75 Å². The highest BCUT2D eigenvalue weighted by molar-refractivity contribution is 5.48. The lowest BCUT2D eigenvalue weighted by atomic mass is 10.1. The number of benzene rings is 1. The molecule has 3 nitrogen and oxygen atoms in total. The summed E-state index contributed by atoms with van der Waals surface area (Å²) in [5.74, 6) is 0.796. The standard InChI is InChI=1S/C22H32O3/c1-7-20-8-10-21(11-9-20)25-22(6,16-23-14-12-18(2)3)17-24-15-13-19(4)5/h7-13H,1,14-17H2,2-6H3. The molecular formula is C22H32O3. The van der Waals surface area contributed by atoms with E-state index >= 15 is 0 Å². The number of rotatable bonds is 11. The summed E-state index contributed by atoms with van der Waals surface area (Å²) in [5, 5.41) is 0. The van der Waals surface area contributed by atoms with Crippen LogP contribution in [-0.4, -0.2) is 32.0 Å². The third kappa shape index (κ3) is 9.28. The van der Waals surface area contributed by atoms with Gasteiger partial charge >= 0.3 is 0 Å². The van der Waals surface area contributed by atoms with E-state index in [2.05, 4.69) is 46.4 Å². The maximum Gasteiger partial charge on any atom is 0.152 e. The molecule has 1 rings (SSSR count). The fraction of sp³-hybridized carbons (Fsp3) is 0.455. The molecule has 0 saturated carbocycles. The first-order valence-electron chi connectivity index (χ1n) is 8.68. The predicted octanol–water partition coefficient (Wildman–Crippen LogP) is 5.43. The molecular weight excluding hydrogens is 312 g/mol. The number of allylic oxidation sites excluding steroid dienone is 2. The van der Waals surface area contributed by atoms with E-state index in [9.17, 15) is 0 Å². The van der Waals surface area contributed by atoms with E-state index in [0.29, 0.717) is 26.4 Å². The molecule has 0 fully saturated rings. The summed E-state index contributed by atoms with van der Waals surface area (Å²) < 4.78 is 17.8. The van der Waals surface area contributed by atoms with Crippen molar-refractivity contribution in [3.63, 3.8) is 0 Å². The number of hydrogen-bond acceptors (Lipinski definition) is 3. The lowest BCUT2D eigenvalue weighted by molar-refractivity contribution is -0.0591. The summed E-state index contributed by atoms with van der Waals surface area (Å²) in [6.07, 6.45) is 5.93. The summed E-state index contributed by atoms with van der Waals surface area (Å²) in [5.41, 5.74) is 2.99. The second-order valence-electron chi connectivity index (χ2n) is 6.92. The minimum atomic E-state index is -0.555. The van der Waals surface area contributed by atoms with E-state index < -0.39 is 5.60 Å². The summed E-state index contributed by atoms with van der Waals surface area (Å²) >= 11 is 0. The van der Waals surface area contributed by atoms with Crippen LogP contribution in [0.25, 0.3) is 6.08 Å². The van der Waals surface area contributed by atoms with Gasteiger partial charge in [0.25, 0.3) is 0 Å². The van der Waals surface area contributed by atoms with Crippen LogP contribution in [0, 0.1) is 0 Å². The van der Waals surface area contributed by atoms with Gasteiger partial charge in [-0.2, -0.15) is 0 Å². The molecule has 25 heavy (non-hydrogen) atoms. The van der Waals surface area contributed by atoms with Crippen LogP contribution in [0.5, 0.6) is 5.75 Å². The molecule has 0 aliphatic heterocycles. The van der Waals surface area contributed by atoms with Crippen molar-refractivity contribution in [2.24, 2.45) is 0 Å². The molecule has 0 N–H and O–H groups in total. The van der Waals surface area contributed by atoms with E-state index in [1.54, 1.807) is 0 Å². The molecule has 0 atom stereocenters. The van der Waals surface area contributed by atoms with Gasteiger partial charge in [-0.15, -0.1) is 0 Å². The van der Waals surface area contributed by atoms with E-state index in [-0.39, 0.29) is 0 Å². The van der Waals surface area contributed by atoms with Gasteiger partial charge in [0.2, 0.25) is 0 Å². The molecule has 3 heteroatoms. The van der Waals surface area contributed by atoms with Crippen LogP contribution < -0.4 is 4.74 Å². The Hall–Kier alpha value is -1.84. The Morgan fingerprint density at radius 2 is 1.40 bits per heavy atom. The van der Waals surface area contributed by atoms with Gasteiger partial charge in [0.05, 0.1) is 26.4 Å². The topological polar surface area (TPSA) is 27.7 Å². The van der Waals surface area contributed by atoms with E-state index in [4.69, 9.17) is 14.2 Å². The third-order valence-corrected chi connectivity index (χ3v) is 3.51. The Kier molecular flexibility index (Phi) is 9.25. The smallest absolute Gasteiger partial charge is 0.152 e. The Balaban J connectivity index is 2.71. The van der Waals surface area contributed by atoms with Crippen molar-refractivity contribution < 1.29 is 14.2 Å². The van der Waals surface area contributed by atoms with E-state index in [0.717, 1.165) is 11.3 Å². The minimum absolute atomic E-state index is 0.453. The molecule has 0 saturated heterocycles. The second kappa shape index (κ2) is 10.9. The van der Waals surface area contributed by atoms with Crippen LogP contribution in [0.15, 0.2) is 54.1 Å². The van der Waals surface area contributed by atoms with Crippen molar-refractivity contribution in [3.05, 3.63) is 59.7 Å². The molecule has 0 aliphatic carbocycles. The first-order valence-corrected chi connectivity index (χ1v) is 8.68. The lowest BCUT2D eigenvalue weighted by Gasteiger charge is -2.30. The zero-order valence-electron chi connectivity index (χ0n) is 16.3. The number of ether oxygens (including phenoxy) is 3. The monoisotopic (exact) mass is 344 g/mol. The van der Waals surface area contributed by atoms with Gasteiger partial charge in [-0.3, -0.25) is 0 Å². The summed E-state index contributed by atoms with van der Waals surface area (Å²) in [6.45, 7) is 16.1. The highest BCUT2D eigenvalue weighted by Crippen LogP contribution is 2.21. The van der Waals surface area contributed by atoms with Gasteiger partial charge in [-0.1, -0.05) is 48.1 Å². The molecule has 138 valence electrons. The predicted molar refractivity (Wildman–Crippen MR) is 106 cm³/mol. The molecule has 1 aromatic rings. The molecule has 0 aromatic heterocycles. The zero-order valence-corrected chi connectivity index (χ0v) is 16.3. The summed E-state index contributed by atoms with van der Waals surface area (Å²) in [6, 6.07) is 7.86. The third-order valence-electron chi connectivity index (χ3n) is 3.51. The molecule has 0 bridgehead atoms. The van der Waals surface area contributed by atoms with Gasteiger partial charge in [0.15, 0.2) is 5.60 Å². The maximum atomic E-state index is 6.19. The molecule has 0 radical (unpaired) electrons. The number of hydrogen-bond donors (Lipinski definition) is 0. The fourth-order valence-corrected chi connectivity index (χ4v) is 2.06. The highest BCUT2D eigenvalue weighted by Gasteiger charge is 2.27. The maximum absolute atomic E-state index is 6.19. The molecule has 0 aliphatic rings. The SMILES string of the molecule is C=Cc1ccc(OC(C)(COCC=C(C)C)COCC=C(C)C)cc1. The first kappa shape index (κ1) is 21.2. The summed E-state index contributed by atoms with van der Waals surface area (Å²) in [7, 11) is 0. The van der Waals surface area contributed by atoms with Crippen molar-refractivity contribution in [2.45, 2.75) is 40.2 Å².